The number of nitrogens with zero attached hydrogens (tertiary/aromatic N) is 2. The summed E-state index contributed by atoms with van der Waals surface area (Å²) in [4.78, 5) is 13.8. The van der Waals surface area contributed by atoms with Gasteiger partial charge in [-0.1, -0.05) is 34.8 Å². The first kappa shape index (κ1) is 13.8. The van der Waals surface area contributed by atoms with Gasteiger partial charge in [0.25, 0.3) is 3.79 Å². The van der Waals surface area contributed by atoms with Crippen molar-refractivity contribution in [3.05, 3.63) is 24.0 Å². The zero-order valence-corrected chi connectivity index (χ0v) is 11.4. The van der Waals surface area contributed by atoms with Gasteiger partial charge in [0, 0.05) is 19.3 Å². The fraction of sp³-hybridized carbons (Fsp3) is 0.500. The topological polar surface area (TPSA) is 25.2 Å². The van der Waals surface area contributed by atoms with Crippen molar-refractivity contribution in [2.45, 2.75) is 10.3 Å². The molecule has 1 aromatic rings. The number of hydrogen-bond acceptors (Lipinski definition) is 2. The Labute approximate surface area is 110 Å². The quantitative estimate of drug-likeness (QED) is 0.627. The monoisotopic (exact) mass is 282 g/mol. The van der Waals surface area contributed by atoms with E-state index in [1.807, 2.05) is 19.0 Å². The zero-order valence-electron chi connectivity index (χ0n) is 9.08. The Morgan fingerprint density at radius 3 is 2.56 bits per heavy atom. The number of aromatic nitrogens is 1. The molecule has 0 unspecified atom stereocenters. The van der Waals surface area contributed by atoms with E-state index in [1.165, 1.54) is 0 Å². The molecule has 0 bridgehead atoms. The number of halogens is 3. The van der Waals surface area contributed by atoms with Crippen LogP contribution in [0.25, 0.3) is 0 Å². The Bertz CT molecular complexity index is 368. The lowest BCUT2D eigenvalue weighted by atomic mass is 10.3. The van der Waals surface area contributed by atoms with E-state index in [-0.39, 0.29) is 0 Å². The molecule has 1 aromatic heterocycles. The maximum absolute atomic E-state index is 11.8. The number of rotatable bonds is 4. The predicted octanol–water partition coefficient (Wildman–Crippen LogP) is 2.60. The van der Waals surface area contributed by atoms with Crippen LogP contribution in [0.3, 0.4) is 0 Å². The molecule has 0 aromatic carbocycles. The van der Waals surface area contributed by atoms with Gasteiger partial charge in [-0.25, -0.2) is 0 Å². The van der Waals surface area contributed by atoms with Crippen LogP contribution in [-0.2, 0) is 6.54 Å². The minimum Gasteiger partial charge on any atom is -0.344 e. The maximum Gasteiger partial charge on any atom is 0.255 e. The van der Waals surface area contributed by atoms with Crippen molar-refractivity contribution in [2.75, 3.05) is 20.6 Å². The summed E-state index contributed by atoms with van der Waals surface area (Å²) in [7, 11) is 3.92. The van der Waals surface area contributed by atoms with E-state index in [1.54, 1.807) is 22.9 Å². The van der Waals surface area contributed by atoms with E-state index in [0.717, 1.165) is 6.54 Å². The Kier molecular flexibility index (Phi) is 4.68. The Morgan fingerprint density at radius 2 is 2.06 bits per heavy atom. The second-order valence-corrected chi connectivity index (χ2v) is 6.00. The van der Waals surface area contributed by atoms with E-state index >= 15 is 0 Å². The minimum absolute atomic E-state index is 0.418. The first-order chi connectivity index (χ1) is 7.32. The van der Waals surface area contributed by atoms with Crippen LogP contribution in [0.4, 0.5) is 0 Å². The van der Waals surface area contributed by atoms with Gasteiger partial charge in [-0.15, -0.1) is 0 Å². The summed E-state index contributed by atoms with van der Waals surface area (Å²) in [5.41, 5.74) is 0.418. The number of carbonyl (C=O) groups excluding carboxylic acids is 1. The van der Waals surface area contributed by atoms with Crippen molar-refractivity contribution in [2.24, 2.45) is 0 Å². The number of carbonyl (C=O) groups is 1. The van der Waals surface area contributed by atoms with Gasteiger partial charge in [-0.2, -0.15) is 0 Å². The van der Waals surface area contributed by atoms with Gasteiger partial charge in [0.05, 0.1) is 5.69 Å². The van der Waals surface area contributed by atoms with E-state index < -0.39 is 9.58 Å². The molecule has 90 valence electrons. The molecular formula is C10H13Cl3N2O. The Balaban J connectivity index is 2.82. The van der Waals surface area contributed by atoms with Gasteiger partial charge in [-0.05, 0) is 26.2 Å². The van der Waals surface area contributed by atoms with Crippen molar-refractivity contribution < 1.29 is 4.79 Å². The molecule has 0 aliphatic heterocycles. The summed E-state index contributed by atoms with van der Waals surface area (Å²) in [5, 5.41) is 0. The molecule has 0 atom stereocenters. The molecule has 0 spiro atoms. The summed E-state index contributed by atoms with van der Waals surface area (Å²) in [6.07, 6.45) is 1.80. The third kappa shape index (κ3) is 3.67. The van der Waals surface area contributed by atoms with Gasteiger partial charge >= 0.3 is 0 Å². The largest absolute Gasteiger partial charge is 0.344 e. The molecule has 0 aliphatic carbocycles. The van der Waals surface area contributed by atoms with Crippen LogP contribution >= 0.6 is 34.8 Å². The first-order valence-corrected chi connectivity index (χ1v) is 5.87. The van der Waals surface area contributed by atoms with Gasteiger partial charge in [0.2, 0.25) is 5.78 Å². The molecule has 6 heteroatoms. The molecule has 0 aliphatic rings. The van der Waals surface area contributed by atoms with Crippen LogP contribution in [0.15, 0.2) is 18.3 Å². The second-order valence-electron chi connectivity index (χ2n) is 3.72. The molecule has 0 saturated heterocycles. The summed E-state index contributed by atoms with van der Waals surface area (Å²) in [6.45, 7) is 1.50. The average Bonchev–Trinajstić information content (AvgIpc) is 2.59. The fourth-order valence-electron chi connectivity index (χ4n) is 1.27. The SMILES string of the molecule is CN(C)CCn1cccc1C(=O)C(Cl)(Cl)Cl. The highest BCUT2D eigenvalue weighted by molar-refractivity contribution is 6.77. The standard InChI is InChI=1S/C10H13Cl3N2O/c1-14(2)6-7-15-5-3-4-8(15)9(16)10(11,12)13/h3-5H,6-7H2,1-2H3. The van der Waals surface area contributed by atoms with Crippen LogP contribution in [0, 0.1) is 0 Å². The van der Waals surface area contributed by atoms with Crippen molar-refractivity contribution in [1.82, 2.24) is 9.47 Å². The van der Waals surface area contributed by atoms with Gasteiger partial charge in [-0.3, -0.25) is 4.79 Å². The second kappa shape index (κ2) is 5.41. The number of ketones is 1. The number of hydrogen-bond donors (Lipinski definition) is 0. The van der Waals surface area contributed by atoms with E-state index in [4.69, 9.17) is 34.8 Å². The summed E-state index contributed by atoms with van der Waals surface area (Å²) >= 11 is 16.7. The van der Waals surface area contributed by atoms with Crippen molar-refractivity contribution in [3.8, 4) is 0 Å². The first-order valence-electron chi connectivity index (χ1n) is 4.74. The minimum atomic E-state index is -1.89. The number of alkyl halides is 3. The van der Waals surface area contributed by atoms with E-state index in [0.29, 0.717) is 12.2 Å². The summed E-state index contributed by atoms with van der Waals surface area (Å²) in [5.74, 6) is -0.499. The Morgan fingerprint density at radius 1 is 1.44 bits per heavy atom. The van der Waals surface area contributed by atoms with Crippen molar-refractivity contribution in [3.63, 3.8) is 0 Å². The van der Waals surface area contributed by atoms with Crippen LogP contribution in [0.2, 0.25) is 0 Å². The van der Waals surface area contributed by atoms with Crippen molar-refractivity contribution >= 4 is 40.6 Å². The normalized spacial score (nSPS) is 12.1. The van der Waals surface area contributed by atoms with Gasteiger partial charge in [0.1, 0.15) is 0 Å². The van der Waals surface area contributed by atoms with E-state index in [2.05, 4.69) is 0 Å². The summed E-state index contributed by atoms with van der Waals surface area (Å²) in [6, 6.07) is 3.42. The number of Topliss-reactive ketones (excluding diaryl/α,β-unsaturated/α-hetero) is 1. The molecule has 0 amide bonds. The predicted molar refractivity (Wildman–Crippen MR) is 67.6 cm³/mol. The highest BCUT2D eigenvalue weighted by Crippen LogP contribution is 2.30. The van der Waals surface area contributed by atoms with Crippen LogP contribution in [0.5, 0.6) is 0 Å². The molecule has 1 heterocycles. The Hall–Kier alpha value is -0.220. The third-order valence-corrected chi connectivity index (χ3v) is 2.62. The molecule has 0 fully saturated rings. The van der Waals surface area contributed by atoms with Crippen LogP contribution < -0.4 is 0 Å². The lowest BCUT2D eigenvalue weighted by molar-refractivity contribution is 0.0987. The molecule has 3 nitrogen and oxygen atoms in total. The molecule has 0 N–H and O–H groups in total. The summed E-state index contributed by atoms with van der Waals surface area (Å²) < 4.78 is -0.113. The lowest BCUT2D eigenvalue weighted by Gasteiger charge is -2.15. The van der Waals surface area contributed by atoms with Gasteiger partial charge in [0.15, 0.2) is 0 Å². The maximum atomic E-state index is 11.8. The molecule has 0 saturated carbocycles. The van der Waals surface area contributed by atoms with Crippen LogP contribution in [0.1, 0.15) is 10.5 Å². The third-order valence-electron chi connectivity index (χ3n) is 2.11. The lowest BCUT2D eigenvalue weighted by Crippen LogP contribution is -2.25. The zero-order chi connectivity index (χ0) is 12.3. The highest BCUT2D eigenvalue weighted by atomic mass is 35.6. The highest BCUT2D eigenvalue weighted by Gasteiger charge is 2.33. The molecular weight excluding hydrogens is 270 g/mol. The average molecular weight is 284 g/mol. The molecule has 16 heavy (non-hydrogen) atoms. The van der Waals surface area contributed by atoms with E-state index in [9.17, 15) is 4.79 Å². The smallest absolute Gasteiger partial charge is 0.255 e. The fourth-order valence-corrected chi connectivity index (χ4v) is 1.56. The van der Waals surface area contributed by atoms with Crippen LogP contribution in [-0.4, -0.2) is 39.7 Å². The van der Waals surface area contributed by atoms with Crippen molar-refractivity contribution in [1.29, 1.82) is 0 Å². The number of likely N-dealkylation sites (N-methyl/N-ethyl adjacent to an activating group) is 1. The van der Waals surface area contributed by atoms with Gasteiger partial charge < -0.3 is 9.47 Å². The molecule has 0 radical (unpaired) electrons. The molecule has 1 rings (SSSR count).